The van der Waals surface area contributed by atoms with Gasteiger partial charge in [0.25, 0.3) is 17.7 Å². The highest BCUT2D eigenvalue weighted by Gasteiger charge is 2.39. The Balaban J connectivity index is 1.47. The number of benzene rings is 3. The van der Waals surface area contributed by atoms with E-state index in [9.17, 15) is 14.4 Å². The smallest absolute Gasteiger partial charge is 0.283 e. The van der Waals surface area contributed by atoms with Crippen molar-refractivity contribution in [1.82, 2.24) is 0 Å². The van der Waals surface area contributed by atoms with E-state index in [1.165, 1.54) is 0 Å². The Morgan fingerprint density at radius 3 is 2.03 bits per heavy atom. The van der Waals surface area contributed by atoms with Crippen molar-refractivity contribution in [3.05, 3.63) is 94.1 Å². The van der Waals surface area contributed by atoms with Gasteiger partial charge in [-0.3, -0.25) is 14.4 Å². The van der Waals surface area contributed by atoms with Crippen LogP contribution in [0.1, 0.15) is 21.5 Å². The average molecular weight is 476 g/mol. The third-order valence-corrected chi connectivity index (χ3v) is 5.61. The number of hydrogen-bond donors (Lipinski definition) is 2. The highest BCUT2D eigenvalue weighted by molar-refractivity contribution is 6.53. The Kier molecular flexibility index (Phi) is 6.38. The molecule has 34 heavy (non-hydrogen) atoms. The number of ether oxygens (including phenoxy) is 1. The van der Waals surface area contributed by atoms with E-state index in [0.29, 0.717) is 28.4 Å². The topological polar surface area (TPSA) is 87.7 Å². The summed E-state index contributed by atoms with van der Waals surface area (Å²) in [6, 6.07) is 18.9. The molecule has 0 spiro atoms. The van der Waals surface area contributed by atoms with E-state index in [4.69, 9.17) is 16.3 Å². The molecule has 172 valence electrons. The van der Waals surface area contributed by atoms with Crippen molar-refractivity contribution in [2.75, 3.05) is 22.6 Å². The van der Waals surface area contributed by atoms with E-state index in [-0.39, 0.29) is 16.6 Å². The number of aryl methyl sites for hydroxylation is 2. The van der Waals surface area contributed by atoms with Gasteiger partial charge >= 0.3 is 0 Å². The van der Waals surface area contributed by atoms with Gasteiger partial charge in [0, 0.05) is 16.9 Å². The van der Waals surface area contributed by atoms with Gasteiger partial charge in [-0.25, -0.2) is 4.90 Å². The maximum atomic E-state index is 13.0. The Labute approximate surface area is 202 Å². The predicted octanol–water partition coefficient (Wildman–Crippen LogP) is 5.00. The zero-order chi connectivity index (χ0) is 24.4. The van der Waals surface area contributed by atoms with Crippen LogP contribution in [0.2, 0.25) is 0 Å². The number of amides is 3. The fourth-order valence-electron chi connectivity index (χ4n) is 3.65. The minimum absolute atomic E-state index is 0.0127. The second kappa shape index (κ2) is 9.41. The van der Waals surface area contributed by atoms with Crippen LogP contribution in [0.25, 0.3) is 0 Å². The SMILES string of the molecule is COc1ccc(NC(=O)c2ccc(NC3=C(Cl)C(=O)N(c4cc(C)cc(C)c4)C3=O)cc2)cc1. The summed E-state index contributed by atoms with van der Waals surface area (Å²) in [4.78, 5) is 39.3. The lowest BCUT2D eigenvalue weighted by Crippen LogP contribution is -2.32. The van der Waals surface area contributed by atoms with Gasteiger partial charge in [0.15, 0.2) is 0 Å². The van der Waals surface area contributed by atoms with Crippen molar-refractivity contribution in [3.8, 4) is 5.75 Å². The van der Waals surface area contributed by atoms with Gasteiger partial charge in [0.05, 0.1) is 12.8 Å². The molecule has 0 unspecified atom stereocenters. The number of methoxy groups -OCH3 is 1. The van der Waals surface area contributed by atoms with Crippen molar-refractivity contribution in [3.63, 3.8) is 0 Å². The number of rotatable bonds is 6. The molecular weight excluding hydrogens is 454 g/mol. The van der Waals surface area contributed by atoms with Crippen LogP contribution in [0.4, 0.5) is 17.1 Å². The summed E-state index contributed by atoms with van der Waals surface area (Å²) in [5.74, 6) is -0.726. The Morgan fingerprint density at radius 1 is 0.853 bits per heavy atom. The second-order valence-corrected chi connectivity index (χ2v) is 8.24. The van der Waals surface area contributed by atoms with Crippen LogP contribution in [0, 0.1) is 13.8 Å². The number of nitrogens with zero attached hydrogens (tertiary/aromatic N) is 1. The maximum absolute atomic E-state index is 13.0. The van der Waals surface area contributed by atoms with E-state index in [1.54, 1.807) is 67.8 Å². The van der Waals surface area contributed by atoms with Crippen LogP contribution in [-0.4, -0.2) is 24.8 Å². The first-order valence-electron chi connectivity index (χ1n) is 10.5. The van der Waals surface area contributed by atoms with Crippen LogP contribution in [0.3, 0.4) is 0 Å². The number of carbonyl (C=O) groups is 3. The first-order valence-corrected chi connectivity index (χ1v) is 10.8. The summed E-state index contributed by atoms with van der Waals surface area (Å²) in [6.45, 7) is 3.78. The largest absolute Gasteiger partial charge is 0.497 e. The second-order valence-electron chi connectivity index (χ2n) is 7.87. The molecular formula is C26H22ClN3O4. The lowest BCUT2D eigenvalue weighted by molar-refractivity contribution is -0.120. The van der Waals surface area contributed by atoms with Crippen LogP contribution >= 0.6 is 11.6 Å². The molecule has 0 fully saturated rings. The third kappa shape index (κ3) is 4.65. The van der Waals surface area contributed by atoms with Gasteiger partial charge in [-0.05, 0) is 85.6 Å². The van der Waals surface area contributed by atoms with Gasteiger partial charge in [-0.15, -0.1) is 0 Å². The van der Waals surface area contributed by atoms with E-state index in [1.807, 2.05) is 19.9 Å². The molecule has 1 aliphatic rings. The lowest BCUT2D eigenvalue weighted by Gasteiger charge is -2.16. The standard InChI is InChI=1S/C26H22ClN3O4/c1-15-12-16(2)14-20(13-15)30-25(32)22(27)23(26(30)33)28-18-6-4-17(5-7-18)24(31)29-19-8-10-21(34-3)11-9-19/h4-14,28H,1-3H3,(H,29,31). The Bertz CT molecular complexity index is 1290. The molecule has 1 heterocycles. The molecule has 2 N–H and O–H groups in total. The molecule has 0 radical (unpaired) electrons. The van der Waals surface area contributed by atoms with Crippen molar-refractivity contribution in [1.29, 1.82) is 0 Å². The number of hydrogen-bond acceptors (Lipinski definition) is 5. The average Bonchev–Trinajstić information content (AvgIpc) is 3.02. The van der Waals surface area contributed by atoms with Crippen LogP contribution < -0.4 is 20.3 Å². The normalized spacial score (nSPS) is 13.4. The lowest BCUT2D eigenvalue weighted by atomic mass is 10.1. The summed E-state index contributed by atoms with van der Waals surface area (Å²) < 4.78 is 5.11. The quantitative estimate of drug-likeness (QED) is 0.490. The number of nitrogens with one attached hydrogen (secondary N) is 2. The number of carbonyl (C=O) groups excluding carboxylic acids is 3. The van der Waals surface area contributed by atoms with Crippen LogP contribution in [-0.2, 0) is 9.59 Å². The molecule has 0 atom stereocenters. The first kappa shape index (κ1) is 23.1. The van der Waals surface area contributed by atoms with E-state index >= 15 is 0 Å². The highest BCUT2D eigenvalue weighted by Crippen LogP contribution is 2.31. The fourth-order valence-corrected chi connectivity index (χ4v) is 3.87. The van der Waals surface area contributed by atoms with E-state index < -0.39 is 11.8 Å². The zero-order valence-electron chi connectivity index (χ0n) is 18.8. The van der Waals surface area contributed by atoms with Crippen molar-refractivity contribution in [2.45, 2.75) is 13.8 Å². The van der Waals surface area contributed by atoms with Crippen LogP contribution in [0.15, 0.2) is 77.5 Å². The molecule has 0 saturated carbocycles. The zero-order valence-corrected chi connectivity index (χ0v) is 19.6. The highest BCUT2D eigenvalue weighted by atomic mass is 35.5. The number of imide groups is 1. The summed E-state index contributed by atoms with van der Waals surface area (Å²) in [7, 11) is 1.57. The van der Waals surface area contributed by atoms with Gasteiger partial charge < -0.3 is 15.4 Å². The van der Waals surface area contributed by atoms with Crippen molar-refractivity contribution < 1.29 is 19.1 Å². The summed E-state index contributed by atoms with van der Waals surface area (Å²) >= 11 is 6.22. The maximum Gasteiger partial charge on any atom is 0.283 e. The summed E-state index contributed by atoms with van der Waals surface area (Å²) in [5, 5.41) is 5.53. The monoisotopic (exact) mass is 475 g/mol. The minimum Gasteiger partial charge on any atom is -0.497 e. The minimum atomic E-state index is -0.588. The van der Waals surface area contributed by atoms with Crippen LogP contribution in [0.5, 0.6) is 5.75 Å². The Hall–Kier alpha value is -4.10. The number of halogens is 1. The first-order chi connectivity index (χ1) is 16.3. The Morgan fingerprint density at radius 2 is 1.44 bits per heavy atom. The molecule has 3 aromatic rings. The van der Waals surface area contributed by atoms with E-state index in [2.05, 4.69) is 10.6 Å². The molecule has 7 nitrogen and oxygen atoms in total. The summed E-state index contributed by atoms with van der Waals surface area (Å²) in [6.07, 6.45) is 0. The van der Waals surface area contributed by atoms with Crippen molar-refractivity contribution in [2.24, 2.45) is 0 Å². The predicted molar refractivity (Wildman–Crippen MR) is 132 cm³/mol. The molecule has 3 aromatic carbocycles. The third-order valence-electron chi connectivity index (χ3n) is 5.26. The molecule has 0 bridgehead atoms. The number of anilines is 3. The van der Waals surface area contributed by atoms with Gasteiger partial charge in [-0.2, -0.15) is 0 Å². The fraction of sp³-hybridized carbons (Fsp3) is 0.115. The molecule has 0 saturated heterocycles. The molecule has 0 aromatic heterocycles. The van der Waals surface area contributed by atoms with E-state index in [0.717, 1.165) is 16.0 Å². The molecule has 4 rings (SSSR count). The summed E-state index contributed by atoms with van der Waals surface area (Å²) in [5.41, 5.74) is 3.87. The molecule has 3 amide bonds. The molecule has 1 aliphatic heterocycles. The van der Waals surface area contributed by atoms with Gasteiger partial charge in [-0.1, -0.05) is 17.7 Å². The van der Waals surface area contributed by atoms with Gasteiger partial charge in [0.2, 0.25) is 0 Å². The molecule has 0 aliphatic carbocycles. The molecule has 8 heteroatoms. The van der Waals surface area contributed by atoms with Gasteiger partial charge in [0.1, 0.15) is 16.5 Å². The van der Waals surface area contributed by atoms with Crippen molar-refractivity contribution >= 4 is 46.4 Å².